The van der Waals surface area contributed by atoms with Crippen LogP contribution in [0.25, 0.3) is 0 Å². The van der Waals surface area contributed by atoms with Crippen LogP contribution in [0.4, 0.5) is 5.69 Å². The third kappa shape index (κ3) is 3.33. The summed E-state index contributed by atoms with van der Waals surface area (Å²) in [6, 6.07) is 3.60. The third-order valence-corrected chi connectivity index (χ3v) is 5.34. The second-order valence-corrected chi connectivity index (χ2v) is 7.65. The molecule has 1 aromatic rings. The smallest absolute Gasteiger partial charge is 0.270 e. The van der Waals surface area contributed by atoms with Crippen molar-refractivity contribution in [3.05, 3.63) is 38.9 Å². The van der Waals surface area contributed by atoms with E-state index >= 15 is 0 Å². The van der Waals surface area contributed by atoms with Crippen LogP contribution in [0.15, 0.2) is 18.2 Å². The number of halogens is 1. The zero-order valence-electron chi connectivity index (χ0n) is 11.2. The Balaban J connectivity index is 2.20. The zero-order chi connectivity index (χ0) is 15.8. The molecule has 2 rings (SSSR count). The molecule has 1 aliphatic rings. The average molecular weight is 333 g/mol. The van der Waals surface area contributed by atoms with Crippen LogP contribution in [0, 0.1) is 10.1 Å². The number of carbonyl (C=O) groups is 1. The molecular formula is C12H13ClN2O5S. The van der Waals surface area contributed by atoms with E-state index in [2.05, 4.69) is 0 Å². The Morgan fingerprint density at radius 1 is 1.48 bits per heavy atom. The number of sulfone groups is 1. The van der Waals surface area contributed by atoms with E-state index < -0.39 is 25.9 Å². The van der Waals surface area contributed by atoms with Crippen molar-refractivity contribution in [1.29, 1.82) is 0 Å². The number of amides is 1. The number of nitro groups is 1. The summed E-state index contributed by atoms with van der Waals surface area (Å²) < 4.78 is 23.0. The molecule has 1 saturated heterocycles. The fourth-order valence-electron chi connectivity index (χ4n) is 2.22. The molecule has 21 heavy (non-hydrogen) atoms. The van der Waals surface area contributed by atoms with Crippen molar-refractivity contribution in [3.63, 3.8) is 0 Å². The normalized spacial score (nSPS) is 18.8. The molecule has 1 unspecified atom stereocenters. The Labute approximate surface area is 126 Å². The van der Waals surface area contributed by atoms with Crippen LogP contribution in [0.3, 0.4) is 0 Å². The molecule has 0 aliphatic carbocycles. The van der Waals surface area contributed by atoms with Gasteiger partial charge >= 0.3 is 0 Å². The van der Waals surface area contributed by atoms with Crippen LogP contribution in [0.5, 0.6) is 0 Å². The third-order valence-electron chi connectivity index (χ3n) is 3.43. The lowest BCUT2D eigenvalue weighted by molar-refractivity contribution is -0.384. The summed E-state index contributed by atoms with van der Waals surface area (Å²) in [6.07, 6.45) is 1.53. The molecule has 1 heterocycles. The number of likely N-dealkylation sites (tertiary alicyclic amines) is 1. The molecule has 1 fully saturated rings. The second-order valence-electron chi connectivity index (χ2n) is 4.91. The number of carbonyl (C=O) groups excluding carboxylic acids is 1. The number of hydrogen-bond donors (Lipinski definition) is 0. The van der Waals surface area contributed by atoms with Crippen molar-refractivity contribution in [2.75, 3.05) is 19.3 Å². The van der Waals surface area contributed by atoms with E-state index in [-0.39, 0.29) is 22.8 Å². The highest BCUT2D eigenvalue weighted by atomic mass is 35.5. The van der Waals surface area contributed by atoms with Crippen molar-refractivity contribution < 1.29 is 18.1 Å². The molecule has 0 aromatic heterocycles. The van der Waals surface area contributed by atoms with Gasteiger partial charge in [-0.1, -0.05) is 11.6 Å². The molecule has 1 atom stereocenters. The molecule has 0 radical (unpaired) electrons. The van der Waals surface area contributed by atoms with Crippen LogP contribution < -0.4 is 0 Å². The molecule has 1 amide bonds. The van der Waals surface area contributed by atoms with Gasteiger partial charge in [0.1, 0.15) is 0 Å². The maximum atomic E-state index is 12.3. The van der Waals surface area contributed by atoms with E-state index in [1.165, 1.54) is 17.0 Å². The zero-order valence-corrected chi connectivity index (χ0v) is 12.7. The van der Waals surface area contributed by atoms with E-state index in [0.29, 0.717) is 13.0 Å². The fourth-order valence-corrected chi connectivity index (χ4v) is 3.46. The fraction of sp³-hybridized carbons (Fsp3) is 0.417. The van der Waals surface area contributed by atoms with Gasteiger partial charge in [-0.2, -0.15) is 0 Å². The van der Waals surface area contributed by atoms with Crippen LogP contribution >= 0.6 is 11.6 Å². The average Bonchev–Trinajstić information content (AvgIpc) is 2.87. The number of non-ortho nitro benzene ring substituents is 1. The van der Waals surface area contributed by atoms with E-state index in [0.717, 1.165) is 12.3 Å². The van der Waals surface area contributed by atoms with E-state index in [1.54, 1.807) is 0 Å². The van der Waals surface area contributed by atoms with Crippen LogP contribution in [0.2, 0.25) is 5.02 Å². The Kier molecular flexibility index (Phi) is 4.20. The van der Waals surface area contributed by atoms with E-state index in [4.69, 9.17) is 11.6 Å². The number of hydrogen-bond acceptors (Lipinski definition) is 5. The number of nitro benzene ring substituents is 1. The van der Waals surface area contributed by atoms with Crippen LogP contribution in [-0.4, -0.2) is 48.7 Å². The summed E-state index contributed by atoms with van der Waals surface area (Å²) in [7, 11) is -3.20. The topological polar surface area (TPSA) is 97.6 Å². The monoisotopic (exact) mass is 332 g/mol. The molecule has 1 aromatic carbocycles. The summed E-state index contributed by atoms with van der Waals surface area (Å²) in [5.41, 5.74) is -0.0663. The Hall–Kier alpha value is -1.67. The first-order valence-electron chi connectivity index (χ1n) is 6.12. The van der Waals surface area contributed by atoms with E-state index in [1.807, 2.05) is 0 Å². The van der Waals surface area contributed by atoms with Crippen LogP contribution in [0.1, 0.15) is 16.8 Å². The summed E-state index contributed by atoms with van der Waals surface area (Å²) in [5.74, 6) is -0.416. The largest absolute Gasteiger partial charge is 0.337 e. The molecular weight excluding hydrogens is 320 g/mol. The Morgan fingerprint density at radius 3 is 2.62 bits per heavy atom. The molecule has 0 bridgehead atoms. The lowest BCUT2D eigenvalue weighted by Gasteiger charge is -2.16. The summed E-state index contributed by atoms with van der Waals surface area (Å²) in [6.45, 7) is 0.439. The maximum Gasteiger partial charge on any atom is 0.270 e. The van der Waals surface area contributed by atoms with Gasteiger partial charge in [-0.25, -0.2) is 8.42 Å². The molecule has 1 aliphatic heterocycles. The molecule has 7 nitrogen and oxygen atoms in total. The molecule has 0 spiro atoms. The standard InChI is InChI=1S/C12H13ClN2O5S/c1-21(19,20)9-4-5-14(7-9)12(16)10-3-2-8(15(17)18)6-11(10)13/h2-3,6,9H,4-5,7H2,1H3. The lowest BCUT2D eigenvalue weighted by Crippen LogP contribution is -2.31. The highest BCUT2D eigenvalue weighted by Gasteiger charge is 2.33. The first-order valence-corrected chi connectivity index (χ1v) is 8.45. The van der Waals surface area contributed by atoms with Gasteiger partial charge in [0, 0.05) is 31.5 Å². The van der Waals surface area contributed by atoms with Crippen molar-refractivity contribution in [2.24, 2.45) is 0 Å². The van der Waals surface area contributed by atoms with Gasteiger partial charge in [0.05, 0.1) is 20.8 Å². The van der Waals surface area contributed by atoms with Gasteiger partial charge in [-0.3, -0.25) is 14.9 Å². The van der Waals surface area contributed by atoms with E-state index in [9.17, 15) is 23.3 Å². The van der Waals surface area contributed by atoms with Crippen LogP contribution in [-0.2, 0) is 9.84 Å². The van der Waals surface area contributed by atoms with Gasteiger partial charge in [0.15, 0.2) is 9.84 Å². The van der Waals surface area contributed by atoms with Gasteiger partial charge in [0.25, 0.3) is 11.6 Å². The summed E-state index contributed by atoms with van der Waals surface area (Å²) >= 11 is 5.90. The predicted molar refractivity (Wildman–Crippen MR) is 77.3 cm³/mol. The Bertz CT molecular complexity index is 704. The minimum Gasteiger partial charge on any atom is -0.337 e. The predicted octanol–water partition coefficient (Wildman–Crippen LogP) is 1.51. The van der Waals surface area contributed by atoms with Crippen molar-refractivity contribution >= 4 is 33.0 Å². The van der Waals surface area contributed by atoms with Crippen molar-refractivity contribution in [3.8, 4) is 0 Å². The van der Waals surface area contributed by atoms with Gasteiger partial charge in [-0.15, -0.1) is 0 Å². The molecule has 9 heteroatoms. The number of rotatable bonds is 3. The lowest BCUT2D eigenvalue weighted by atomic mass is 10.2. The van der Waals surface area contributed by atoms with Gasteiger partial charge < -0.3 is 4.90 Å². The van der Waals surface area contributed by atoms with Gasteiger partial charge in [0.2, 0.25) is 0 Å². The molecule has 0 saturated carbocycles. The minimum atomic E-state index is -3.20. The summed E-state index contributed by atoms with van der Waals surface area (Å²) in [5, 5.41) is 10.0. The van der Waals surface area contributed by atoms with Crippen molar-refractivity contribution in [2.45, 2.75) is 11.7 Å². The highest BCUT2D eigenvalue weighted by molar-refractivity contribution is 7.91. The SMILES string of the molecule is CS(=O)(=O)C1CCN(C(=O)c2ccc([N+](=O)[O-])cc2Cl)C1. The van der Waals surface area contributed by atoms with Crippen molar-refractivity contribution in [1.82, 2.24) is 4.90 Å². The van der Waals surface area contributed by atoms with Gasteiger partial charge in [-0.05, 0) is 12.5 Å². The number of nitrogens with zero attached hydrogens (tertiary/aromatic N) is 2. The minimum absolute atomic E-state index is 0.0167. The molecule has 114 valence electrons. The first-order chi connectivity index (χ1) is 9.70. The number of benzene rings is 1. The summed E-state index contributed by atoms with van der Waals surface area (Å²) in [4.78, 5) is 23.7. The maximum absolute atomic E-state index is 12.3. The highest BCUT2D eigenvalue weighted by Crippen LogP contribution is 2.26. The Morgan fingerprint density at radius 2 is 2.14 bits per heavy atom. The second kappa shape index (κ2) is 5.61. The first kappa shape index (κ1) is 15.7. The quantitative estimate of drug-likeness (QED) is 0.617. The molecule has 0 N–H and O–H groups in total.